The summed E-state index contributed by atoms with van der Waals surface area (Å²) in [7, 11) is 0.281. The van der Waals surface area contributed by atoms with Crippen molar-refractivity contribution in [2.24, 2.45) is 0 Å². The maximum Gasteiger partial charge on any atom is 0.211 e. The number of sulfonamides is 1. The summed E-state index contributed by atoms with van der Waals surface area (Å²) in [6, 6.07) is 0.359. The van der Waals surface area contributed by atoms with E-state index in [4.69, 9.17) is 9.47 Å². The molecule has 0 aromatic carbocycles. The van der Waals surface area contributed by atoms with Crippen molar-refractivity contribution in [3.05, 3.63) is 0 Å². The molecule has 0 spiro atoms. The number of rotatable bonds is 7. The summed E-state index contributed by atoms with van der Waals surface area (Å²) in [5.41, 5.74) is 0. The molecule has 1 heterocycles. The molecule has 1 N–H and O–H groups in total. The second-order valence-corrected chi connectivity index (χ2v) is 6.64. The third-order valence-electron chi connectivity index (χ3n) is 3.24. The molecule has 0 aliphatic carbocycles. The van der Waals surface area contributed by atoms with E-state index in [2.05, 4.69) is 5.32 Å². The molecule has 1 unspecified atom stereocenters. The zero-order chi connectivity index (χ0) is 13.6. The van der Waals surface area contributed by atoms with Crippen LogP contribution in [0.5, 0.6) is 0 Å². The Balaban J connectivity index is 2.27. The van der Waals surface area contributed by atoms with E-state index < -0.39 is 10.0 Å². The zero-order valence-electron chi connectivity index (χ0n) is 11.4. The standard InChI is InChI=1S/C11H24N2O4S/c1-16-9-11(17-2)8-12-10-4-6-13(7-5-10)18(3,14)15/h10-12H,4-9H2,1-3H3. The van der Waals surface area contributed by atoms with E-state index in [1.165, 1.54) is 10.6 Å². The van der Waals surface area contributed by atoms with Crippen LogP contribution < -0.4 is 5.32 Å². The van der Waals surface area contributed by atoms with Crippen LogP contribution in [0.2, 0.25) is 0 Å². The fourth-order valence-corrected chi connectivity index (χ4v) is 2.96. The lowest BCUT2D eigenvalue weighted by Gasteiger charge is -2.31. The van der Waals surface area contributed by atoms with Crippen molar-refractivity contribution in [3.8, 4) is 0 Å². The van der Waals surface area contributed by atoms with Crippen LogP contribution in [0.25, 0.3) is 0 Å². The van der Waals surface area contributed by atoms with Gasteiger partial charge in [0.1, 0.15) is 0 Å². The van der Waals surface area contributed by atoms with Crippen molar-refractivity contribution in [3.63, 3.8) is 0 Å². The van der Waals surface area contributed by atoms with Gasteiger partial charge in [-0.15, -0.1) is 0 Å². The van der Waals surface area contributed by atoms with Gasteiger partial charge in [-0.2, -0.15) is 0 Å². The number of nitrogens with one attached hydrogen (secondary N) is 1. The molecule has 0 amide bonds. The van der Waals surface area contributed by atoms with Gasteiger partial charge in [-0.1, -0.05) is 0 Å². The topological polar surface area (TPSA) is 67.9 Å². The SMILES string of the molecule is COCC(CNC1CCN(S(C)(=O)=O)CC1)OC. The van der Waals surface area contributed by atoms with E-state index in [1.54, 1.807) is 14.2 Å². The van der Waals surface area contributed by atoms with E-state index in [0.29, 0.717) is 25.7 Å². The predicted molar refractivity (Wildman–Crippen MR) is 70.1 cm³/mol. The Kier molecular flexibility index (Phi) is 6.51. The molecule has 1 aliphatic heterocycles. The highest BCUT2D eigenvalue weighted by Crippen LogP contribution is 2.13. The van der Waals surface area contributed by atoms with Gasteiger partial charge >= 0.3 is 0 Å². The van der Waals surface area contributed by atoms with Crippen molar-refractivity contribution in [1.29, 1.82) is 0 Å². The number of piperidine rings is 1. The molecule has 1 rings (SSSR count). The number of hydrogen-bond acceptors (Lipinski definition) is 5. The lowest BCUT2D eigenvalue weighted by Crippen LogP contribution is -2.46. The fourth-order valence-electron chi connectivity index (χ4n) is 2.09. The second-order valence-electron chi connectivity index (χ2n) is 4.66. The van der Waals surface area contributed by atoms with Gasteiger partial charge in [-0.3, -0.25) is 0 Å². The summed E-state index contributed by atoms with van der Waals surface area (Å²) in [6.45, 7) is 2.48. The van der Waals surface area contributed by atoms with Crippen molar-refractivity contribution in [2.45, 2.75) is 25.0 Å². The van der Waals surface area contributed by atoms with Gasteiger partial charge in [-0.25, -0.2) is 12.7 Å². The predicted octanol–water partition coefficient (Wildman–Crippen LogP) is -0.339. The van der Waals surface area contributed by atoms with E-state index in [0.717, 1.165) is 19.4 Å². The highest BCUT2D eigenvalue weighted by atomic mass is 32.2. The maximum absolute atomic E-state index is 11.4. The van der Waals surface area contributed by atoms with Crippen molar-refractivity contribution < 1.29 is 17.9 Å². The molecular formula is C11H24N2O4S. The van der Waals surface area contributed by atoms with Crippen molar-refractivity contribution in [1.82, 2.24) is 9.62 Å². The van der Waals surface area contributed by atoms with Gasteiger partial charge in [0.2, 0.25) is 10.0 Å². The Morgan fingerprint density at radius 2 is 1.94 bits per heavy atom. The summed E-state index contributed by atoms with van der Waals surface area (Å²) in [5, 5.41) is 3.40. The number of methoxy groups -OCH3 is 2. The second kappa shape index (κ2) is 7.40. The summed E-state index contributed by atoms with van der Waals surface area (Å²) >= 11 is 0. The summed E-state index contributed by atoms with van der Waals surface area (Å²) in [6.07, 6.45) is 3.00. The third-order valence-corrected chi connectivity index (χ3v) is 4.55. The van der Waals surface area contributed by atoms with Crippen molar-refractivity contribution in [2.75, 3.05) is 46.7 Å². The molecule has 0 aromatic heterocycles. The molecule has 0 radical (unpaired) electrons. The van der Waals surface area contributed by atoms with Crippen LogP contribution in [-0.4, -0.2) is 71.6 Å². The van der Waals surface area contributed by atoms with Gasteiger partial charge in [0.25, 0.3) is 0 Å². The molecule has 7 heteroatoms. The molecule has 1 saturated heterocycles. The minimum atomic E-state index is -3.03. The molecule has 0 saturated carbocycles. The Bertz CT molecular complexity index is 326. The fraction of sp³-hybridized carbons (Fsp3) is 1.00. The monoisotopic (exact) mass is 280 g/mol. The van der Waals surface area contributed by atoms with Gasteiger partial charge < -0.3 is 14.8 Å². The minimum Gasteiger partial charge on any atom is -0.382 e. The molecule has 1 atom stereocenters. The molecule has 108 valence electrons. The Morgan fingerprint density at radius 1 is 1.33 bits per heavy atom. The third kappa shape index (κ3) is 5.19. The van der Waals surface area contributed by atoms with Crippen LogP contribution in [-0.2, 0) is 19.5 Å². The summed E-state index contributed by atoms with van der Waals surface area (Å²) < 4.78 is 34.6. The van der Waals surface area contributed by atoms with Gasteiger partial charge in [0.05, 0.1) is 19.0 Å². The minimum absolute atomic E-state index is 0.0444. The van der Waals surface area contributed by atoms with Crippen LogP contribution in [0.15, 0.2) is 0 Å². The van der Waals surface area contributed by atoms with Crippen LogP contribution in [0, 0.1) is 0 Å². The Labute approximate surface area is 110 Å². The number of ether oxygens (including phenoxy) is 2. The first-order chi connectivity index (χ1) is 8.47. The van der Waals surface area contributed by atoms with E-state index >= 15 is 0 Å². The molecule has 18 heavy (non-hydrogen) atoms. The number of nitrogens with zero attached hydrogens (tertiary/aromatic N) is 1. The molecule has 1 aliphatic rings. The lowest BCUT2D eigenvalue weighted by atomic mass is 10.1. The molecule has 1 fully saturated rings. The van der Waals surface area contributed by atoms with E-state index in [-0.39, 0.29) is 6.10 Å². The summed E-state index contributed by atoms with van der Waals surface area (Å²) in [4.78, 5) is 0. The van der Waals surface area contributed by atoms with Crippen LogP contribution in [0.1, 0.15) is 12.8 Å². The number of hydrogen-bond donors (Lipinski definition) is 1. The normalized spacial score (nSPS) is 21.1. The maximum atomic E-state index is 11.4. The quantitative estimate of drug-likeness (QED) is 0.691. The van der Waals surface area contributed by atoms with Gasteiger partial charge in [0.15, 0.2) is 0 Å². The largest absolute Gasteiger partial charge is 0.382 e. The lowest BCUT2D eigenvalue weighted by molar-refractivity contribution is 0.0264. The van der Waals surface area contributed by atoms with Gasteiger partial charge in [-0.05, 0) is 12.8 Å². The van der Waals surface area contributed by atoms with Gasteiger partial charge in [0, 0.05) is 39.9 Å². The van der Waals surface area contributed by atoms with Crippen LogP contribution in [0.3, 0.4) is 0 Å². The first-order valence-corrected chi connectivity index (χ1v) is 8.02. The first-order valence-electron chi connectivity index (χ1n) is 6.17. The molecule has 6 nitrogen and oxygen atoms in total. The van der Waals surface area contributed by atoms with Crippen LogP contribution in [0.4, 0.5) is 0 Å². The van der Waals surface area contributed by atoms with E-state index in [1.807, 2.05) is 0 Å². The smallest absolute Gasteiger partial charge is 0.211 e. The molecular weight excluding hydrogens is 256 g/mol. The Hall–Kier alpha value is -0.210. The summed E-state index contributed by atoms with van der Waals surface area (Å²) in [5.74, 6) is 0. The highest BCUT2D eigenvalue weighted by Gasteiger charge is 2.24. The van der Waals surface area contributed by atoms with Crippen molar-refractivity contribution >= 4 is 10.0 Å². The van der Waals surface area contributed by atoms with Crippen LogP contribution >= 0.6 is 0 Å². The van der Waals surface area contributed by atoms with E-state index in [9.17, 15) is 8.42 Å². The zero-order valence-corrected chi connectivity index (χ0v) is 12.2. The molecule has 0 bridgehead atoms. The molecule has 0 aromatic rings. The first kappa shape index (κ1) is 15.8. The highest BCUT2D eigenvalue weighted by molar-refractivity contribution is 7.88. The average molecular weight is 280 g/mol. The average Bonchev–Trinajstić information content (AvgIpc) is 2.34. The Morgan fingerprint density at radius 3 is 2.39 bits per heavy atom.